The van der Waals surface area contributed by atoms with Crippen LogP contribution >= 0.6 is 0 Å². The fraction of sp³-hybridized carbons (Fsp3) is 0. The molecule has 26 heavy (non-hydrogen) atoms. The molecular weight excluding hydrogens is 348 g/mol. The first-order chi connectivity index (χ1) is 12.2. The van der Waals surface area contributed by atoms with E-state index in [0.29, 0.717) is 11.3 Å². The molecule has 5 N–H and O–H groups in total. The molecule has 134 valence electrons. The minimum absolute atomic E-state index is 0.00385. The predicted molar refractivity (Wildman–Crippen MR) is 88.2 cm³/mol. The third-order valence-corrected chi connectivity index (χ3v) is 3.19. The van der Waals surface area contributed by atoms with Crippen molar-refractivity contribution in [3.8, 4) is 28.6 Å². The van der Waals surface area contributed by atoms with Crippen LogP contribution in [0.15, 0.2) is 51.7 Å². The first kappa shape index (κ1) is 18.3. The second kappa shape index (κ2) is 7.26. The number of carboxylic acid groups (broad SMARTS) is 2. The smallest absolute Gasteiger partial charge is 0.414 e. The van der Waals surface area contributed by atoms with Gasteiger partial charge in [0, 0.05) is 17.7 Å². The van der Waals surface area contributed by atoms with Crippen LogP contribution in [0, 0.1) is 0 Å². The number of aromatic hydroxyl groups is 3. The van der Waals surface area contributed by atoms with Crippen molar-refractivity contribution in [1.29, 1.82) is 0 Å². The first-order valence-corrected chi connectivity index (χ1v) is 6.95. The summed E-state index contributed by atoms with van der Waals surface area (Å²) >= 11 is 0. The van der Waals surface area contributed by atoms with Gasteiger partial charge in [-0.2, -0.15) is 0 Å². The summed E-state index contributed by atoms with van der Waals surface area (Å²) in [6.45, 7) is 0. The van der Waals surface area contributed by atoms with Gasteiger partial charge in [-0.15, -0.1) is 0 Å². The summed E-state index contributed by atoms with van der Waals surface area (Å²) in [5.41, 5.74) is 0.195. The maximum Gasteiger partial charge on any atom is 0.414 e. The molecule has 0 aliphatic heterocycles. The fourth-order valence-electron chi connectivity index (χ4n) is 2.02. The SMILES string of the molecule is O=C(O)C(=O)O.O=c1cc(-c2ccccc2)oc2cc(O)c(O)c(O)c12. The summed E-state index contributed by atoms with van der Waals surface area (Å²) in [6, 6.07) is 11.3. The maximum atomic E-state index is 12.0. The third kappa shape index (κ3) is 3.73. The highest BCUT2D eigenvalue weighted by Gasteiger charge is 2.17. The van der Waals surface area contributed by atoms with Crippen LogP contribution in [0.2, 0.25) is 0 Å². The van der Waals surface area contributed by atoms with Crippen molar-refractivity contribution < 1.29 is 39.5 Å². The van der Waals surface area contributed by atoms with E-state index in [1.54, 1.807) is 24.3 Å². The molecule has 0 bridgehead atoms. The second-order valence-corrected chi connectivity index (χ2v) is 4.92. The summed E-state index contributed by atoms with van der Waals surface area (Å²) < 4.78 is 5.51. The average Bonchev–Trinajstić information content (AvgIpc) is 2.60. The number of phenols is 3. The minimum Gasteiger partial charge on any atom is -0.504 e. The molecule has 0 atom stereocenters. The molecule has 2 aromatic carbocycles. The van der Waals surface area contributed by atoms with E-state index in [1.807, 2.05) is 6.07 Å². The Morgan fingerprint density at radius 2 is 1.42 bits per heavy atom. The van der Waals surface area contributed by atoms with E-state index in [9.17, 15) is 20.1 Å². The number of hydrogen-bond acceptors (Lipinski definition) is 7. The lowest BCUT2D eigenvalue weighted by Gasteiger charge is -2.06. The third-order valence-electron chi connectivity index (χ3n) is 3.19. The molecule has 0 saturated heterocycles. The molecule has 0 radical (unpaired) electrons. The first-order valence-electron chi connectivity index (χ1n) is 6.95. The molecule has 1 heterocycles. The van der Waals surface area contributed by atoms with E-state index in [4.69, 9.17) is 24.2 Å². The molecule has 3 aromatic rings. The Morgan fingerprint density at radius 3 is 1.96 bits per heavy atom. The molecule has 0 fully saturated rings. The zero-order chi connectivity index (χ0) is 19.4. The Kier molecular flexibility index (Phi) is 5.12. The number of aliphatic carboxylic acids is 2. The van der Waals surface area contributed by atoms with Crippen molar-refractivity contribution in [2.24, 2.45) is 0 Å². The largest absolute Gasteiger partial charge is 0.504 e. The summed E-state index contributed by atoms with van der Waals surface area (Å²) in [4.78, 5) is 30.2. The van der Waals surface area contributed by atoms with Crippen LogP contribution in [0.4, 0.5) is 0 Å². The summed E-state index contributed by atoms with van der Waals surface area (Å²) in [6.07, 6.45) is 0. The van der Waals surface area contributed by atoms with Gasteiger partial charge >= 0.3 is 11.9 Å². The van der Waals surface area contributed by atoms with Crippen molar-refractivity contribution in [2.75, 3.05) is 0 Å². The molecule has 3 rings (SSSR count). The number of phenolic OH excluding ortho intramolecular Hbond substituents is 3. The molecule has 0 aliphatic carbocycles. The number of carboxylic acids is 2. The van der Waals surface area contributed by atoms with Crippen LogP contribution < -0.4 is 5.43 Å². The van der Waals surface area contributed by atoms with Crippen molar-refractivity contribution in [2.45, 2.75) is 0 Å². The molecule has 0 unspecified atom stereocenters. The van der Waals surface area contributed by atoms with Gasteiger partial charge in [0.25, 0.3) is 0 Å². The Labute approximate surface area is 144 Å². The number of hydrogen-bond donors (Lipinski definition) is 5. The van der Waals surface area contributed by atoms with Crippen molar-refractivity contribution in [3.05, 3.63) is 52.7 Å². The number of fused-ring (bicyclic) bond motifs is 1. The zero-order valence-corrected chi connectivity index (χ0v) is 12.9. The van der Waals surface area contributed by atoms with Gasteiger partial charge in [0.05, 0.1) is 0 Å². The lowest BCUT2D eigenvalue weighted by molar-refractivity contribution is -0.159. The van der Waals surface area contributed by atoms with E-state index < -0.39 is 34.6 Å². The maximum absolute atomic E-state index is 12.0. The fourth-order valence-corrected chi connectivity index (χ4v) is 2.02. The highest BCUT2D eigenvalue weighted by molar-refractivity contribution is 6.27. The molecule has 9 nitrogen and oxygen atoms in total. The van der Waals surface area contributed by atoms with Gasteiger partial charge in [-0.05, 0) is 0 Å². The van der Waals surface area contributed by atoms with E-state index in [-0.39, 0.29) is 11.0 Å². The lowest BCUT2D eigenvalue weighted by atomic mass is 10.1. The number of rotatable bonds is 1. The normalized spacial score (nSPS) is 10.0. The molecular formula is C17H12O9. The molecule has 0 amide bonds. The van der Waals surface area contributed by atoms with Gasteiger partial charge in [0.2, 0.25) is 5.75 Å². The summed E-state index contributed by atoms with van der Waals surface area (Å²) in [5.74, 6) is -5.31. The van der Waals surface area contributed by atoms with Gasteiger partial charge in [0.15, 0.2) is 16.9 Å². The topological polar surface area (TPSA) is 165 Å². The van der Waals surface area contributed by atoms with Crippen LogP contribution in [0.1, 0.15) is 0 Å². The van der Waals surface area contributed by atoms with Crippen LogP contribution in [-0.4, -0.2) is 37.5 Å². The molecule has 0 spiro atoms. The predicted octanol–water partition coefficient (Wildman–Crippen LogP) is 1.73. The van der Waals surface area contributed by atoms with Crippen molar-refractivity contribution >= 4 is 22.9 Å². The highest BCUT2D eigenvalue weighted by atomic mass is 16.4. The second-order valence-electron chi connectivity index (χ2n) is 4.92. The van der Waals surface area contributed by atoms with E-state index in [0.717, 1.165) is 6.07 Å². The average molecular weight is 360 g/mol. The quantitative estimate of drug-likeness (QED) is 0.321. The van der Waals surface area contributed by atoms with Gasteiger partial charge in [0.1, 0.15) is 16.7 Å². The highest BCUT2D eigenvalue weighted by Crippen LogP contribution is 2.40. The Balaban J connectivity index is 0.000000352. The van der Waals surface area contributed by atoms with E-state index in [1.165, 1.54) is 6.07 Å². The van der Waals surface area contributed by atoms with Gasteiger partial charge in [-0.25, -0.2) is 9.59 Å². The number of carbonyl (C=O) groups is 2. The van der Waals surface area contributed by atoms with E-state index in [2.05, 4.69) is 0 Å². The summed E-state index contributed by atoms with van der Waals surface area (Å²) in [7, 11) is 0. The van der Waals surface area contributed by atoms with Crippen LogP contribution in [-0.2, 0) is 9.59 Å². The van der Waals surface area contributed by atoms with Gasteiger partial charge < -0.3 is 29.9 Å². The van der Waals surface area contributed by atoms with Crippen molar-refractivity contribution in [3.63, 3.8) is 0 Å². The van der Waals surface area contributed by atoms with Crippen LogP contribution in [0.5, 0.6) is 17.2 Å². The van der Waals surface area contributed by atoms with Crippen LogP contribution in [0.25, 0.3) is 22.3 Å². The van der Waals surface area contributed by atoms with Crippen LogP contribution in [0.3, 0.4) is 0 Å². The molecule has 0 saturated carbocycles. The van der Waals surface area contributed by atoms with Crippen molar-refractivity contribution in [1.82, 2.24) is 0 Å². The van der Waals surface area contributed by atoms with E-state index >= 15 is 0 Å². The lowest BCUT2D eigenvalue weighted by Crippen LogP contribution is -2.09. The standard InChI is InChI=1S/C15H10O5.C2H2O4/c16-9-6-11(8-4-2-1-3-5-8)20-12-7-10(17)14(18)15(19)13(9)12;3-1(4)2(5)6/h1-7,17-19H;(H,3,4)(H,5,6). The summed E-state index contributed by atoms with van der Waals surface area (Å²) in [5, 5.41) is 43.2. The Hall–Kier alpha value is -4.01. The molecule has 1 aromatic heterocycles. The zero-order valence-electron chi connectivity index (χ0n) is 12.9. The van der Waals surface area contributed by atoms with Gasteiger partial charge in [-0.1, -0.05) is 30.3 Å². The molecule has 9 heteroatoms. The monoisotopic (exact) mass is 360 g/mol. The Bertz CT molecular complexity index is 1020. The molecule has 0 aliphatic rings. The number of benzene rings is 2. The Morgan fingerprint density at radius 1 is 0.846 bits per heavy atom. The van der Waals surface area contributed by atoms with Gasteiger partial charge in [-0.3, -0.25) is 4.79 Å². The minimum atomic E-state index is -1.82.